The normalized spacial score (nSPS) is 15.8. The van der Waals surface area contributed by atoms with Crippen molar-refractivity contribution in [2.75, 3.05) is 0 Å². The van der Waals surface area contributed by atoms with Gasteiger partial charge in [-0.25, -0.2) is 0 Å². The fraction of sp³-hybridized carbons (Fsp3) is 0.0400. The SMILES string of the molecule is C1=C(c2ccccc2)c2ccccc2OC1c1ccc2ccccc2c1. The number of fused-ring (bicyclic) bond motifs is 2. The summed E-state index contributed by atoms with van der Waals surface area (Å²) in [6.07, 6.45) is 2.15. The van der Waals surface area contributed by atoms with E-state index in [4.69, 9.17) is 4.74 Å². The summed E-state index contributed by atoms with van der Waals surface area (Å²) in [7, 11) is 0. The van der Waals surface area contributed by atoms with E-state index in [2.05, 4.69) is 97.1 Å². The molecule has 1 atom stereocenters. The number of ether oxygens (including phenoxy) is 1. The van der Waals surface area contributed by atoms with Gasteiger partial charge >= 0.3 is 0 Å². The summed E-state index contributed by atoms with van der Waals surface area (Å²) in [4.78, 5) is 0. The van der Waals surface area contributed by atoms with Crippen molar-refractivity contribution in [1.82, 2.24) is 0 Å². The highest BCUT2D eigenvalue weighted by molar-refractivity contribution is 5.86. The van der Waals surface area contributed by atoms with Crippen LogP contribution in [-0.2, 0) is 0 Å². The van der Waals surface area contributed by atoms with Crippen molar-refractivity contribution < 1.29 is 4.74 Å². The first-order valence-corrected chi connectivity index (χ1v) is 8.90. The molecule has 0 bridgehead atoms. The van der Waals surface area contributed by atoms with E-state index in [-0.39, 0.29) is 6.10 Å². The lowest BCUT2D eigenvalue weighted by Gasteiger charge is -2.26. The molecule has 0 saturated heterocycles. The van der Waals surface area contributed by atoms with Gasteiger partial charge < -0.3 is 4.74 Å². The minimum absolute atomic E-state index is 0.0929. The molecule has 1 heteroatoms. The third-order valence-electron chi connectivity index (χ3n) is 4.94. The molecule has 0 fully saturated rings. The van der Waals surface area contributed by atoms with Crippen molar-refractivity contribution in [3.63, 3.8) is 0 Å². The maximum atomic E-state index is 6.34. The van der Waals surface area contributed by atoms with Crippen LogP contribution < -0.4 is 4.74 Å². The minimum atomic E-state index is -0.0929. The quantitative estimate of drug-likeness (QED) is 0.412. The van der Waals surface area contributed by atoms with Crippen LogP contribution in [0.15, 0.2) is 103 Å². The smallest absolute Gasteiger partial charge is 0.143 e. The van der Waals surface area contributed by atoms with Gasteiger partial charge in [-0.2, -0.15) is 0 Å². The Morgan fingerprint density at radius 2 is 1.35 bits per heavy atom. The van der Waals surface area contributed by atoms with Gasteiger partial charge in [0, 0.05) is 5.56 Å². The van der Waals surface area contributed by atoms with E-state index in [0.717, 1.165) is 11.3 Å². The van der Waals surface area contributed by atoms with Gasteiger partial charge in [0.15, 0.2) is 0 Å². The molecule has 124 valence electrons. The van der Waals surface area contributed by atoms with Gasteiger partial charge in [-0.15, -0.1) is 0 Å². The molecule has 0 saturated carbocycles. The first kappa shape index (κ1) is 15.0. The van der Waals surface area contributed by atoms with E-state index in [0.29, 0.717) is 0 Å². The van der Waals surface area contributed by atoms with E-state index < -0.39 is 0 Å². The van der Waals surface area contributed by atoms with Crippen LogP contribution in [0.1, 0.15) is 22.8 Å². The third-order valence-corrected chi connectivity index (χ3v) is 4.94. The highest BCUT2D eigenvalue weighted by atomic mass is 16.5. The standard InChI is InChI=1S/C25H18O/c1-2-9-19(10-3-1)23-17-25(26-24-13-7-6-12-22(23)24)21-15-14-18-8-4-5-11-20(18)16-21/h1-17,25H. The predicted octanol–water partition coefficient (Wildman–Crippen LogP) is 6.41. The average molecular weight is 334 g/mol. The summed E-state index contributed by atoms with van der Waals surface area (Å²) in [5.41, 5.74) is 4.77. The number of hydrogen-bond acceptors (Lipinski definition) is 1. The zero-order valence-electron chi connectivity index (χ0n) is 14.3. The number of hydrogen-bond donors (Lipinski definition) is 0. The molecule has 5 rings (SSSR count). The van der Waals surface area contributed by atoms with Gasteiger partial charge in [0.05, 0.1) is 0 Å². The van der Waals surface area contributed by atoms with Crippen LogP contribution in [-0.4, -0.2) is 0 Å². The molecule has 1 heterocycles. The lowest BCUT2D eigenvalue weighted by molar-refractivity contribution is 0.251. The molecular weight excluding hydrogens is 316 g/mol. The van der Waals surface area contributed by atoms with Gasteiger partial charge in [0.25, 0.3) is 0 Å². The first-order chi connectivity index (χ1) is 12.9. The molecule has 0 aliphatic carbocycles. The molecular formula is C25H18O. The fourth-order valence-electron chi connectivity index (χ4n) is 3.62. The van der Waals surface area contributed by atoms with E-state index >= 15 is 0 Å². The molecule has 0 amide bonds. The summed E-state index contributed by atoms with van der Waals surface area (Å²) >= 11 is 0. The second kappa shape index (κ2) is 6.20. The molecule has 0 aromatic heterocycles. The maximum absolute atomic E-state index is 6.34. The second-order valence-corrected chi connectivity index (χ2v) is 6.59. The van der Waals surface area contributed by atoms with Crippen molar-refractivity contribution in [3.8, 4) is 5.75 Å². The van der Waals surface area contributed by atoms with Crippen molar-refractivity contribution in [2.24, 2.45) is 0 Å². The van der Waals surface area contributed by atoms with Crippen LogP contribution in [0.25, 0.3) is 16.3 Å². The molecule has 0 radical (unpaired) electrons. The summed E-state index contributed by atoms with van der Waals surface area (Å²) in [5, 5.41) is 2.49. The van der Waals surface area contributed by atoms with Gasteiger partial charge in [0.1, 0.15) is 11.9 Å². The van der Waals surface area contributed by atoms with Crippen LogP contribution in [0, 0.1) is 0 Å². The van der Waals surface area contributed by atoms with Crippen LogP contribution in [0.4, 0.5) is 0 Å². The number of rotatable bonds is 2. The van der Waals surface area contributed by atoms with Crippen LogP contribution in [0.5, 0.6) is 5.75 Å². The van der Waals surface area contributed by atoms with Crippen LogP contribution in [0.2, 0.25) is 0 Å². The molecule has 0 N–H and O–H groups in total. The molecule has 1 nitrogen and oxygen atoms in total. The molecule has 1 aliphatic rings. The summed E-state index contributed by atoms with van der Waals surface area (Å²) in [6.45, 7) is 0. The van der Waals surface area contributed by atoms with Crippen molar-refractivity contribution >= 4 is 16.3 Å². The summed E-state index contributed by atoms with van der Waals surface area (Å²) < 4.78 is 6.34. The van der Waals surface area contributed by atoms with Crippen molar-refractivity contribution in [3.05, 3.63) is 120 Å². The highest BCUT2D eigenvalue weighted by Crippen LogP contribution is 2.40. The average Bonchev–Trinajstić information content (AvgIpc) is 2.73. The van der Waals surface area contributed by atoms with Crippen LogP contribution >= 0.6 is 0 Å². The number of benzene rings is 4. The maximum Gasteiger partial charge on any atom is 0.143 e. The Hall–Kier alpha value is -3.32. The lowest BCUT2D eigenvalue weighted by atomic mass is 9.91. The predicted molar refractivity (Wildman–Crippen MR) is 107 cm³/mol. The Morgan fingerprint density at radius 3 is 2.23 bits per heavy atom. The van der Waals surface area contributed by atoms with E-state index in [1.807, 2.05) is 6.07 Å². The van der Waals surface area contributed by atoms with E-state index in [1.54, 1.807) is 0 Å². The Balaban J connectivity index is 1.65. The lowest BCUT2D eigenvalue weighted by Crippen LogP contribution is -2.12. The Bertz CT molecular complexity index is 1110. The topological polar surface area (TPSA) is 9.23 Å². The highest BCUT2D eigenvalue weighted by Gasteiger charge is 2.22. The third kappa shape index (κ3) is 2.58. The van der Waals surface area contributed by atoms with Crippen molar-refractivity contribution in [1.29, 1.82) is 0 Å². The van der Waals surface area contributed by atoms with Gasteiger partial charge in [-0.1, -0.05) is 84.9 Å². The van der Waals surface area contributed by atoms with Gasteiger partial charge in [-0.05, 0) is 45.7 Å². The zero-order chi connectivity index (χ0) is 17.3. The fourth-order valence-corrected chi connectivity index (χ4v) is 3.62. The monoisotopic (exact) mass is 334 g/mol. The Morgan fingerprint density at radius 1 is 0.615 bits per heavy atom. The largest absolute Gasteiger partial charge is 0.481 e. The van der Waals surface area contributed by atoms with Crippen LogP contribution in [0.3, 0.4) is 0 Å². The number of para-hydroxylation sites is 1. The van der Waals surface area contributed by atoms with E-state index in [1.165, 1.54) is 27.5 Å². The Labute approximate surface area is 153 Å². The molecule has 1 unspecified atom stereocenters. The molecule has 4 aromatic carbocycles. The Kier molecular flexibility index (Phi) is 3.57. The minimum Gasteiger partial charge on any atom is -0.481 e. The van der Waals surface area contributed by atoms with Gasteiger partial charge in [0.2, 0.25) is 0 Å². The molecule has 1 aliphatic heterocycles. The second-order valence-electron chi connectivity index (χ2n) is 6.59. The molecule has 26 heavy (non-hydrogen) atoms. The zero-order valence-corrected chi connectivity index (χ0v) is 14.3. The summed E-state index contributed by atoms with van der Waals surface area (Å²) in [5.74, 6) is 0.937. The summed E-state index contributed by atoms with van der Waals surface area (Å²) in [6, 6.07) is 33.8. The van der Waals surface area contributed by atoms with Gasteiger partial charge in [-0.3, -0.25) is 0 Å². The first-order valence-electron chi connectivity index (χ1n) is 8.90. The van der Waals surface area contributed by atoms with Crippen molar-refractivity contribution in [2.45, 2.75) is 6.10 Å². The molecule has 0 spiro atoms. The molecule has 4 aromatic rings. The van der Waals surface area contributed by atoms with E-state index in [9.17, 15) is 0 Å².